The molecule has 182 valence electrons. The molecule has 0 atom stereocenters. The highest BCUT2D eigenvalue weighted by atomic mass is 35.5. The maximum Gasteiger partial charge on any atom is 0.272 e. The smallest absolute Gasteiger partial charge is 0.272 e. The van der Waals surface area contributed by atoms with Crippen LogP contribution < -0.4 is 11.1 Å². The normalized spacial score (nSPS) is 17.7. The third kappa shape index (κ3) is 5.45. The molecule has 0 bridgehead atoms. The molecule has 1 aromatic heterocycles. The monoisotopic (exact) mass is 504 g/mol. The van der Waals surface area contributed by atoms with Crippen molar-refractivity contribution in [1.82, 2.24) is 19.8 Å². The summed E-state index contributed by atoms with van der Waals surface area (Å²) in [6.45, 7) is 5.98. The molecule has 0 saturated carbocycles. The van der Waals surface area contributed by atoms with E-state index < -0.39 is 0 Å². The zero-order valence-electron chi connectivity index (χ0n) is 19.5. The number of amides is 2. The van der Waals surface area contributed by atoms with Gasteiger partial charge in [-0.25, -0.2) is 9.97 Å². The number of hydrogen-bond donors (Lipinski definition) is 2. The van der Waals surface area contributed by atoms with Crippen LogP contribution in [0.2, 0.25) is 10.0 Å². The molecule has 2 aliphatic rings. The number of likely N-dealkylation sites (tertiary alicyclic amines) is 2. The number of hydrogen-bond acceptors (Lipinski definition) is 6. The fraction of sp³-hybridized carbons (Fsp3) is 0.500. The number of nitrogens with two attached hydrogens (primary N) is 1. The molecule has 2 amide bonds. The minimum absolute atomic E-state index is 0.0619. The van der Waals surface area contributed by atoms with Crippen molar-refractivity contribution in [1.29, 1.82) is 0 Å². The molecule has 1 aromatic carbocycles. The van der Waals surface area contributed by atoms with Crippen LogP contribution in [-0.2, 0) is 4.79 Å². The third-order valence-electron chi connectivity index (χ3n) is 6.68. The average Bonchev–Trinajstić information content (AvgIpc) is 2.83. The molecule has 3 heterocycles. The number of anilines is 2. The van der Waals surface area contributed by atoms with Gasteiger partial charge in [0.05, 0.1) is 10.0 Å². The van der Waals surface area contributed by atoms with Gasteiger partial charge in [0.1, 0.15) is 17.3 Å². The van der Waals surface area contributed by atoms with Crippen molar-refractivity contribution in [3.05, 3.63) is 45.3 Å². The first kappa shape index (κ1) is 24.7. The molecular formula is C24H30Cl2N6O2. The molecule has 4 rings (SSSR count). The molecule has 8 nitrogen and oxygen atoms in total. The summed E-state index contributed by atoms with van der Waals surface area (Å²) in [7, 11) is 0. The standard InChI is InChI=1S/C24H30Cl2N6O2/c1-14-21(24(34)32-11-7-17(27)8-12-32)29-23(16-5-9-31(10-6-16)15(2)33)30-22(14)28-18-3-4-19(25)20(26)13-18/h3-4,13,16-17H,5-12,27H2,1-2H3,(H,28,29,30). The quantitative estimate of drug-likeness (QED) is 0.648. The number of rotatable bonds is 4. The summed E-state index contributed by atoms with van der Waals surface area (Å²) in [4.78, 5) is 38.5. The summed E-state index contributed by atoms with van der Waals surface area (Å²) >= 11 is 12.3. The lowest BCUT2D eigenvalue weighted by Gasteiger charge is -2.32. The van der Waals surface area contributed by atoms with Crippen LogP contribution in [0.25, 0.3) is 0 Å². The van der Waals surface area contributed by atoms with Gasteiger partial charge in [-0.1, -0.05) is 23.2 Å². The predicted octanol–water partition coefficient (Wildman–Crippen LogP) is 4.12. The number of halogens is 2. The number of nitrogens with zero attached hydrogens (tertiary/aromatic N) is 4. The van der Waals surface area contributed by atoms with E-state index in [2.05, 4.69) is 5.32 Å². The second-order valence-corrected chi connectivity index (χ2v) is 9.88. The minimum Gasteiger partial charge on any atom is -0.343 e. The van der Waals surface area contributed by atoms with E-state index >= 15 is 0 Å². The molecule has 2 saturated heterocycles. The molecule has 0 aliphatic carbocycles. The van der Waals surface area contributed by atoms with Crippen LogP contribution in [-0.4, -0.2) is 63.8 Å². The van der Waals surface area contributed by atoms with Crippen LogP contribution in [0.3, 0.4) is 0 Å². The van der Waals surface area contributed by atoms with Gasteiger partial charge in [-0.3, -0.25) is 9.59 Å². The van der Waals surface area contributed by atoms with E-state index in [9.17, 15) is 9.59 Å². The Morgan fingerprint density at radius 2 is 1.65 bits per heavy atom. The highest BCUT2D eigenvalue weighted by Crippen LogP contribution is 2.31. The van der Waals surface area contributed by atoms with Gasteiger partial charge in [0.25, 0.3) is 5.91 Å². The molecule has 3 N–H and O–H groups in total. The second kappa shape index (κ2) is 10.5. The van der Waals surface area contributed by atoms with Gasteiger partial charge in [-0.15, -0.1) is 0 Å². The summed E-state index contributed by atoms with van der Waals surface area (Å²) in [6, 6.07) is 5.38. The van der Waals surface area contributed by atoms with Crippen LogP contribution in [0, 0.1) is 6.92 Å². The molecule has 0 spiro atoms. The summed E-state index contributed by atoms with van der Waals surface area (Å²) in [5.41, 5.74) is 7.83. The zero-order chi connectivity index (χ0) is 24.4. The van der Waals surface area contributed by atoms with Gasteiger partial charge < -0.3 is 20.9 Å². The van der Waals surface area contributed by atoms with E-state index in [0.29, 0.717) is 59.1 Å². The van der Waals surface area contributed by atoms with Gasteiger partial charge >= 0.3 is 0 Å². The largest absolute Gasteiger partial charge is 0.343 e. The molecule has 2 aliphatic heterocycles. The molecular weight excluding hydrogens is 475 g/mol. The number of carbonyl (C=O) groups is 2. The highest BCUT2D eigenvalue weighted by molar-refractivity contribution is 6.42. The van der Waals surface area contributed by atoms with Crippen molar-refractivity contribution in [3.63, 3.8) is 0 Å². The molecule has 34 heavy (non-hydrogen) atoms. The Labute approximate surface area is 209 Å². The van der Waals surface area contributed by atoms with Gasteiger partial charge in [0, 0.05) is 56.3 Å². The summed E-state index contributed by atoms with van der Waals surface area (Å²) in [6.07, 6.45) is 3.06. The van der Waals surface area contributed by atoms with Gasteiger partial charge in [-0.05, 0) is 50.8 Å². The summed E-state index contributed by atoms with van der Waals surface area (Å²) < 4.78 is 0. The lowest BCUT2D eigenvalue weighted by Crippen LogP contribution is -2.43. The van der Waals surface area contributed by atoms with Crippen LogP contribution >= 0.6 is 23.2 Å². The molecule has 10 heteroatoms. The van der Waals surface area contributed by atoms with Gasteiger partial charge in [0.2, 0.25) is 5.91 Å². The van der Waals surface area contributed by atoms with E-state index in [1.165, 1.54) is 0 Å². The topological polar surface area (TPSA) is 104 Å². The minimum atomic E-state index is -0.105. The Hall–Kier alpha value is -2.42. The lowest BCUT2D eigenvalue weighted by atomic mass is 9.95. The van der Waals surface area contributed by atoms with Gasteiger partial charge in [-0.2, -0.15) is 0 Å². The van der Waals surface area contributed by atoms with E-state index in [-0.39, 0.29) is 23.8 Å². The van der Waals surface area contributed by atoms with Crippen LogP contribution in [0.5, 0.6) is 0 Å². The Balaban J connectivity index is 1.67. The predicted molar refractivity (Wildman–Crippen MR) is 134 cm³/mol. The van der Waals surface area contributed by atoms with Crippen molar-refractivity contribution in [3.8, 4) is 0 Å². The van der Waals surface area contributed by atoms with Gasteiger partial charge in [0.15, 0.2) is 0 Å². The maximum absolute atomic E-state index is 13.5. The van der Waals surface area contributed by atoms with Crippen molar-refractivity contribution in [2.24, 2.45) is 5.73 Å². The average molecular weight is 505 g/mol. The first-order valence-corrected chi connectivity index (χ1v) is 12.4. The maximum atomic E-state index is 13.5. The molecule has 0 radical (unpaired) electrons. The first-order chi connectivity index (χ1) is 16.2. The van der Waals surface area contributed by atoms with Crippen molar-refractivity contribution < 1.29 is 9.59 Å². The highest BCUT2D eigenvalue weighted by Gasteiger charge is 2.29. The second-order valence-electron chi connectivity index (χ2n) is 9.07. The molecule has 2 fully saturated rings. The first-order valence-electron chi connectivity index (χ1n) is 11.6. The summed E-state index contributed by atoms with van der Waals surface area (Å²) in [5, 5.41) is 4.19. The van der Waals surface area contributed by atoms with Crippen LogP contribution in [0.4, 0.5) is 11.5 Å². The third-order valence-corrected chi connectivity index (χ3v) is 7.42. The van der Waals surface area contributed by atoms with Crippen molar-refractivity contribution >= 4 is 46.5 Å². The SMILES string of the molecule is CC(=O)N1CCC(c2nc(Nc3ccc(Cl)c(Cl)c3)c(C)c(C(=O)N3CCC(N)CC3)n2)CC1. The van der Waals surface area contributed by atoms with Crippen molar-refractivity contribution in [2.45, 2.75) is 51.5 Å². The van der Waals surface area contributed by atoms with E-state index in [1.54, 1.807) is 19.1 Å². The fourth-order valence-corrected chi connectivity index (χ4v) is 4.76. The van der Waals surface area contributed by atoms with E-state index in [1.807, 2.05) is 22.8 Å². The molecule has 2 aromatic rings. The number of nitrogens with one attached hydrogen (secondary N) is 1. The number of piperidine rings is 2. The molecule has 0 unspecified atom stereocenters. The fourth-order valence-electron chi connectivity index (χ4n) is 4.46. The zero-order valence-corrected chi connectivity index (χ0v) is 21.0. The lowest BCUT2D eigenvalue weighted by molar-refractivity contribution is -0.129. The van der Waals surface area contributed by atoms with Crippen LogP contribution in [0.1, 0.15) is 60.4 Å². The Kier molecular flexibility index (Phi) is 7.60. The number of carbonyl (C=O) groups excluding carboxylic acids is 2. The van der Waals surface area contributed by atoms with E-state index in [4.69, 9.17) is 38.9 Å². The van der Waals surface area contributed by atoms with Crippen LogP contribution in [0.15, 0.2) is 18.2 Å². The Morgan fingerprint density at radius 1 is 1.00 bits per heavy atom. The Bertz CT molecular complexity index is 1080. The number of aromatic nitrogens is 2. The van der Waals surface area contributed by atoms with Crippen molar-refractivity contribution in [2.75, 3.05) is 31.5 Å². The number of benzene rings is 1. The van der Waals surface area contributed by atoms with E-state index in [0.717, 1.165) is 31.4 Å². The summed E-state index contributed by atoms with van der Waals surface area (Å²) in [5.74, 6) is 1.21. The Morgan fingerprint density at radius 3 is 2.26 bits per heavy atom.